The molecule has 1 unspecified atom stereocenters. The van der Waals surface area contributed by atoms with Crippen LogP contribution in [0.4, 0.5) is 5.69 Å². The number of aliphatic imine (C=N–C) groups is 1. The summed E-state index contributed by atoms with van der Waals surface area (Å²) in [4.78, 5) is 30.8. The highest BCUT2D eigenvalue weighted by Gasteiger charge is 2.33. The standard InChI is InChI=1S/C26H29N5O3S/c1-8-20(32)27-18-11-9-17(10-12-18)23-22-14(2)15(3)35-25(22)31-16(4)29-30-24(31)19(28-23)13-21(33)34-26(5,6)7/h8-12,19H,1,13H2,2-7H3,(H,27,32). The molecule has 1 aromatic carbocycles. The molecule has 35 heavy (non-hydrogen) atoms. The first-order valence-corrected chi connectivity index (χ1v) is 12.2. The Hall–Kier alpha value is -3.59. The lowest BCUT2D eigenvalue weighted by Gasteiger charge is -2.21. The number of esters is 1. The Morgan fingerprint density at radius 2 is 1.86 bits per heavy atom. The topological polar surface area (TPSA) is 98.5 Å². The van der Waals surface area contributed by atoms with Crippen molar-refractivity contribution >= 4 is 34.6 Å². The van der Waals surface area contributed by atoms with Gasteiger partial charge in [-0.3, -0.25) is 19.1 Å². The first-order chi connectivity index (χ1) is 16.5. The van der Waals surface area contributed by atoms with Crippen LogP contribution in [-0.4, -0.2) is 38.0 Å². The number of benzene rings is 1. The number of amides is 1. The van der Waals surface area contributed by atoms with Gasteiger partial charge in [0.1, 0.15) is 22.5 Å². The molecule has 182 valence electrons. The smallest absolute Gasteiger partial charge is 0.308 e. The second-order valence-electron chi connectivity index (χ2n) is 9.46. The molecule has 0 saturated carbocycles. The number of aryl methyl sites for hydroxylation is 2. The van der Waals surface area contributed by atoms with E-state index in [-0.39, 0.29) is 18.3 Å². The first-order valence-electron chi connectivity index (χ1n) is 11.3. The monoisotopic (exact) mass is 491 g/mol. The van der Waals surface area contributed by atoms with Gasteiger partial charge in [-0.1, -0.05) is 18.7 Å². The number of anilines is 1. The van der Waals surface area contributed by atoms with E-state index < -0.39 is 11.6 Å². The maximum atomic E-state index is 12.8. The SMILES string of the molecule is C=CC(=O)Nc1ccc(C2=NC(CC(=O)OC(C)(C)C)c3nnc(C)n3-c3sc(C)c(C)c32)cc1. The minimum Gasteiger partial charge on any atom is -0.460 e. The van der Waals surface area contributed by atoms with Gasteiger partial charge >= 0.3 is 5.97 Å². The fourth-order valence-electron chi connectivity index (χ4n) is 3.97. The van der Waals surface area contributed by atoms with E-state index in [9.17, 15) is 9.59 Å². The van der Waals surface area contributed by atoms with Crippen molar-refractivity contribution in [2.45, 2.75) is 59.6 Å². The largest absolute Gasteiger partial charge is 0.460 e. The van der Waals surface area contributed by atoms with Crippen LogP contribution in [0.1, 0.15) is 66.5 Å². The number of hydrogen-bond donors (Lipinski definition) is 1. The van der Waals surface area contributed by atoms with Crippen LogP contribution in [0.5, 0.6) is 0 Å². The van der Waals surface area contributed by atoms with Gasteiger partial charge in [-0.15, -0.1) is 21.5 Å². The van der Waals surface area contributed by atoms with E-state index in [1.54, 1.807) is 11.3 Å². The van der Waals surface area contributed by atoms with Gasteiger partial charge in [-0.25, -0.2) is 0 Å². The Labute approximate surface area is 208 Å². The van der Waals surface area contributed by atoms with Gasteiger partial charge in [0.05, 0.1) is 12.1 Å². The molecular weight excluding hydrogens is 462 g/mol. The summed E-state index contributed by atoms with van der Waals surface area (Å²) >= 11 is 1.65. The Bertz CT molecular complexity index is 1340. The molecule has 8 nitrogen and oxygen atoms in total. The third-order valence-corrected chi connectivity index (χ3v) is 6.82. The summed E-state index contributed by atoms with van der Waals surface area (Å²) < 4.78 is 7.60. The summed E-state index contributed by atoms with van der Waals surface area (Å²) in [6.07, 6.45) is 1.27. The van der Waals surface area contributed by atoms with Gasteiger partial charge in [0.2, 0.25) is 5.91 Å². The van der Waals surface area contributed by atoms with Gasteiger partial charge in [-0.2, -0.15) is 0 Å². The van der Waals surface area contributed by atoms with Gasteiger partial charge in [0.25, 0.3) is 0 Å². The fraction of sp³-hybridized carbons (Fsp3) is 0.346. The third-order valence-electron chi connectivity index (χ3n) is 5.63. The van der Waals surface area contributed by atoms with Crippen LogP contribution >= 0.6 is 11.3 Å². The van der Waals surface area contributed by atoms with E-state index >= 15 is 0 Å². The summed E-state index contributed by atoms with van der Waals surface area (Å²) in [5.41, 5.74) is 3.80. The van der Waals surface area contributed by atoms with Crippen molar-refractivity contribution in [2.75, 3.05) is 5.32 Å². The van der Waals surface area contributed by atoms with Crippen LogP contribution in [0.15, 0.2) is 41.9 Å². The van der Waals surface area contributed by atoms with E-state index in [4.69, 9.17) is 9.73 Å². The van der Waals surface area contributed by atoms with Crippen molar-refractivity contribution in [3.05, 3.63) is 70.1 Å². The van der Waals surface area contributed by atoms with Gasteiger partial charge in [-0.05, 0) is 65.3 Å². The van der Waals surface area contributed by atoms with Crippen LogP contribution in [0.3, 0.4) is 0 Å². The van der Waals surface area contributed by atoms with E-state index in [0.29, 0.717) is 11.5 Å². The predicted molar refractivity (Wildman–Crippen MR) is 138 cm³/mol. The van der Waals surface area contributed by atoms with E-state index in [0.717, 1.165) is 33.2 Å². The van der Waals surface area contributed by atoms with E-state index in [2.05, 4.69) is 35.9 Å². The molecule has 4 rings (SSSR count). The Balaban J connectivity index is 1.85. The lowest BCUT2D eigenvalue weighted by molar-refractivity contribution is -0.155. The van der Waals surface area contributed by atoms with Crippen molar-refractivity contribution in [1.29, 1.82) is 0 Å². The molecule has 0 aliphatic carbocycles. The zero-order valence-electron chi connectivity index (χ0n) is 20.8. The number of thiophene rings is 1. The van der Waals surface area contributed by atoms with Crippen LogP contribution in [-0.2, 0) is 14.3 Å². The molecule has 3 aromatic rings. The highest BCUT2D eigenvalue weighted by Crippen LogP contribution is 2.39. The molecule has 1 amide bonds. The van der Waals surface area contributed by atoms with Crippen LogP contribution in [0, 0.1) is 20.8 Å². The second-order valence-corrected chi connectivity index (χ2v) is 10.7. The normalized spacial score (nSPS) is 14.9. The fourth-order valence-corrected chi connectivity index (χ4v) is 5.18. The zero-order chi connectivity index (χ0) is 25.5. The number of nitrogens with one attached hydrogen (secondary N) is 1. The number of carbonyl (C=O) groups excluding carboxylic acids is 2. The van der Waals surface area contributed by atoms with Crippen LogP contribution in [0.2, 0.25) is 0 Å². The number of aromatic nitrogens is 3. The number of ether oxygens (including phenoxy) is 1. The van der Waals surface area contributed by atoms with Gasteiger partial charge < -0.3 is 10.1 Å². The van der Waals surface area contributed by atoms with Crippen LogP contribution in [0.25, 0.3) is 5.00 Å². The number of carbonyl (C=O) groups is 2. The molecule has 1 atom stereocenters. The summed E-state index contributed by atoms with van der Waals surface area (Å²) in [6, 6.07) is 6.91. The zero-order valence-corrected chi connectivity index (χ0v) is 21.6. The minimum absolute atomic E-state index is 0.0410. The van der Waals surface area contributed by atoms with Crippen molar-refractivity contribution in [3.63, 3.8) is 0 Å². The highest BCUT2D eigenvalue weighted by atomic mass is 32.1. The summed E-state index contributed by atoms with van der Waals surface area (Å²) in [7, 11) is 0. The minimum atomic E-state index is -0.601. The Morgan fingerprint density at radius 3 is 2.49 bits per heavy atom. The number of hydrogen-bond acceptors (Lipinski definition) is 7. The summed E-state index contributed by atoms with van der Waals surface area (Å²) in [5, 5.41) is 12.5. The van der Waals surface area contributed by atoms with Gasteiger partial charge in [0.15, 0.2) is 5.82 Å². The first kappa shape index (κ1) is 24.5. The maximum Gasteiger partial charge on any atom is 0.308 e. The lowest BCUT2D eigenvalue weighted by Crippen LogP contribution is -2.25. The number of fused-ring (bicyclic) bond motifs is 3. The predicted octanol–water partition coefficient (Wildman–Crippen LogP) is 5.00. The lowest BCUT2D eigenvalue weighted by atomic mass is 9.99. The Morgan fingerprint density at radius 1 is 1.17 bits per heavy atom. The van der Waals surface area contributed by atoms with E-state index in [1.165, 1.54) is 11.0 Å². The number of rotatable bonds is 5. The van der Waals surface area contributed by atoms with E-state index in [1.807, 2.05) is 56.5 Å². The second kappa shape index (κ2) is 9.22. The molecule has 0 bridgehead atoms. The molecule has 1 aliphatic heterocycles. The summed E-state index contributed by atoms with van der Waals surface area (Å²) in [6.45, 7) is 15.1. The number of nitrogens with zero attached hydrogens (tertiary/aromatic N) is 4. The van der Waals surface area contributed by atoms with Crippen molar-refractivity contribution in [1.82, 2.24) is 14.8 Å². The molecule has 0 fully saturated rings. The Kier molecular flexibility index (Phi) is 6.46. The summed E-state index contributed by atoms with van der Waals surface area (Å²) in [5.74, 6) is 0.719. The average molecular weight is 492 g/mol. The molecule has 0 spiro atoms. The quantitative estimate of drug-likeness (QED) is 0.400. The third kappa shape index (κ3) is 4.95. The van der Waals surface area contributed by atoms with Crippen molar-refractivity contribution < 1.29 is 14.3 Å². The molecule has 0 saturated heterocycles. The molecular formula is C26H29N5O3S. The van der Waals surface area contributed by atoms with Gasteiger partial charge in [0, 0.05) is 21.7 Å². The molecule has 2 aromatic heterocycles. The molecule has 3 heterocycles. The maximum absolute atomic E-state index is 12.8. The molecule has 9 heteroatoms. The van der Waals surface area contributed by atoms with Crippen LogP contribution < -0.4 is 5.32 Å². The molecule has 1 aliphatic rings. The highest BCUT2D eigenvalue weighted by molar-refractivity contribution is 7.15. The van der Waals surface area contributed by atoms with Crippen molar-refractivity contribution in [3.8, 4) is 5.00 Å². The average Bonchev–Trinajstić information content (AvgIpc) is 3.25. The van der Waals surface area contributed by atoms with Crippen molar-refractivity contribution in [2.24, 2.45) is 4.99 Å². The molecule has 1 N–H and O–H groups in total. The molecule has 0 radical (unpaired) electrons.